The molecule has 0 heterocycles. The number of hydrogen-bond acceptors (Lipinski definition) is 3. The molecule has 12 heavy (non-hydrogen) atoms. The van der Waals surface area contributed by atoms with Gasteiger partial charge in [-0.1, -0.05) is 0 Å². The van der Waals surface area contributed by atoms with Crippen LogP contribution in [0.4, 0.5) is 5.69 Å². The van der Waals surface area contributed by atoms with Crippen molar-refractivity contribution in [2.24, 2.45) is 5.73 Å². The van der Waals surface area contributed by atoms with Crippen molar-refractivity contribution in [3.63, 3.8) is 0 Å². The number of nitrogens with two attached hydrogens (primary N) is 2. The Balaban J connectivity index is 3.19. The molecule has 3 heteroatoms. The van der Waals surface area contributed by atoms with Gasteiger partial charge in [-0.15, -0.1) is 0 Å². The van der Waals surface area contributed by atoms with Gasteiger partial charge in [0.2, 0.25) is 0 Å². The molecular formula is C9H14N2O. The normalized spacial score (nSPS) is 9.92. The number of rotatable bonds is 2. The highest BCUT2D eigenvalue weighted by Crippen LogP contribution is 2.23. The Morgan fingerprint density at radius 2 is 2.08 bits per heavy atom. The molecule has 0 atom stereocenters. The van der Waals surface area contributed by atoms with Gasteiger partial charge in [-0.25, -0.2) is 0 Å². The van der Waals surface area contributed by atoms with Crippen LogP contribution in [-0.4, -0.2) is 7.11 Å². The van der Waals surface area contributed by atoms with Crippen molar-refractivity contribution in [3.8, 4) is 5.75 Å². The molecule has 0 bridgehead atoms. The summed E-state index contributed by atoms with van der Waals surface area (Å²) in [6.07, 6.45) is 0. The van der Waals surface area contributed by atoms with Crippen molar-refractivity contribution >= 4 is 5.69 Å². The third kappa shape index (κ3) is 1.51. The van der Waals surface area contributed by atoms with Crippen molar-refractivity contribution < 1.29 is 4.74 Å². The van der Waals surface area contributed by atoms with E-state index in [2.05, 4.69) is 0 Å². The molecule has 1 aromatic rings. The van der Waals surface area contributed by atoms with E-state index >= 15 is 0 Å². The van der Waals surface area contributed by atoms with E-state index < -0.39 is 0 Å². The largest absolute Gasteiger partial charge is 0.497 e. The number of hydrogen-bond donors (Lipinski definition) is 2. The lowest BCUT2D eigenvalue weighted by Gasteiger charge is -2.09. The Hall–Kier alpha value is -1.22. The van der Waals surface area contributed by atoms with Gasteiger partial charge < -0.3 is 16.2 Å². The van der Waals surface area contributed by atoms with Crippen LogP contribution >= 0.6 is 0 Å². The van der Waals surface area contributed by atoms with Gasteiger partial charge in [-0.2, -0.15) is 0 Å². The summed E-state index contributed by atoms with van der Waals surface area (Å²) in [7, 11) is 1.63. The molecule has 0 amide bonds. The Bertz CT molecular complexity index is 284. The molecule has 0 aliphatic carbocycles. The van der Waals surface area contributed by atoms with Crippen LogP contribution < -0.4 is 16.2 Å². The van der Waals surface area contributed by atoms with Gasteiger partial charge in [0.25, 0.3) is 0 Å². The Kier molecular flexibility index (Phi) is 2.55. The van der Waals surface area contributed by atoms with Crippen molar-refractivity contribution in [2.75, 3.05) is 12.8 Å². The third-order valence-electron chi connectivity index (χ3n) is 1.90. The molecule has 0 saturated carbocycles. The number of methoxy groups -OCH3 is 1. The van der Waals surface area contributed by atoms with Gasteiger partial charge in [-0.05, 0) is 30.2 Å². The summed E-state index contributed by atoms with van der Waals surface area (Å²) < 4.78 is 5.08. The first-order chi connectivity index (χ1) is 5.69. The first kappa shape index (κ1) is 8.87. The number of benzene rings is 1. The number of anilines is 1. The van der Waals surface area contributed by atoms with Crippen LogP contribution in [0, 0.1) is 6.92 Å². The Labute approximate surface area is 72.3 Å². The van der Waals surface area contributed by atoms with Crippen LogP contribution in [0.15, 0.2) is 12.1 Å². The van der Waals surface area contributed by atoms with Gasteiger partial charge >= 0.3 is 0 Å². The molecule has 1 aromatic carbocycles. The summed E-state index contributed by atoms with van der Waals surface area (Å²) in [5, 5.41) is 0. The van der Waals surface area contributed by atoms with E-state index in [-0.39, 0.29) is 0 Å². The van der Waals surface area contributed by atoms with Crippen molar-refractivity contribution in [3.05, 3.63) is 23.3 Å². The molecule has 66 valence electrons. The fourth-order valence-electron chi connectivity index (χ4n) is 1.12. The number of ether oxygens (including phenoxy) is 1. The zero-order valence-electron chi connectivity index (χ0n) is 7.42. The zero-order valence-corrected chi connectivity index (χ0v) is 7.42. The first-order valence-electron chi connectivity index (χ1n) is 3.82. The molecule has 0 fully saturated rings. The lowest BCUT2D eigenvalue weighted by Crippen LogP contribution is -2.03. The summed E-state index contributed by atoms with van der Waals surface area (Å²) >= 11 is 0. The summed E-state index contributed by atoms with van der Waals surface area (Å²) in [5.74, 6) is 0.808. The Morgan fingerprint density at radius 3 is 2.58 bits per heavy atom. The third-order valence-corrected chi connectivity index (χ3v) is 1.90. The van der Waals surface area contributed by atoms with E-state index in [1.54, 1.807) is 7.11 Å². The van der Waals surface area contributed by atoms with Crippen molar-refractivity contribution in [2.45, 2.75) is 13.5 Å². The van der Waals surface area contributed by atoms with E-state index in [1.807, 2.05) is 19.1 Å². The molecular weight excluding hydrogens is 152 g/mol. The predicted octanol–water partition coefficient (Wildman–Crippen LogP) is 1.04. The second kappa shape index (κ2) is 3.45. The highest BCUT2D eigenvalue weighted by atomic mass is 16.5. The summed E-state index contributed by atoms with van der Waals surface area (Å²) in [4.78, 5) is 0. The molecule has 0 saturated heterocycles. The van der Waals surface area contributed by atoms with E-state index in [4.69, 9.17) is 16.2 Å². The molecule has 0 aromatic heterocycles. The fraction of sp³-hybridized carbons (Fsp3) is 0.333. The standard InChI is InChI=1S/C9H14N2O/c1-6-3-8(12-2)4-7(5-10)9(6)11/h3-4H,5,10-11H2,1-2H3. The van der Waals surface area contributed by atoms with Crippen LogP contribution in [0.25, 0.3) is 0 Å². The minimum atomic E-state index is 0.448. The van der Waals surface area contributed by atoms with Crippen LogP contribution in [-0.2, 0) is 6.54 Å². The van der Waals surface area contributed by atoms with E-state index in [0.717, 1.165) is 22.6 Å². The lowest BCUT2D eigenvalue weighted by molar-refractivity contribution is 0.414. The zero-order chi connectivity index (χ0) is 9.14. The van der Waals surface area contributed by atoms with Crippen molar-refractivity contribution in [1.82, 2.24) is 0 Å². The molecule has 0 spiro atoms. The quantitative estimate of drug-likeness (QED) is 0.645. The van der Waals surface area contributed by atoms with Crippen molar-refractivity contribution in [1.29, 1.82) is 0 Å². The van der Waals surface area contributed by atoms with Crippen LogP contribution in [0.1, 0.15) is 11.1 Å². The molecule has 0 radical (unpaired) electrons. The van der Waals surface area contributed by atoms with Crippen LogP contribution in [0.3, 0.4) is 0 Å². The molecule has 1 rings (SSSR count). The van der Waals surface area contributed by atoms with E-state index in [9.17, 15) is 0 Å². The maximum absolute atomic E-state index is 5.78. The molecule has 3 nitrogen and oxygen atoms in total. The van der Waals surface area contributed by atoms with Gasteiger partial charge in [0.1, 0.15) is 5.75 Å². The highest BCUT2D eigenvalue weighted by Gasteiger charge is 2.03. The first-order valence-corrected chi connectivity index (χ1v) is 3.82. The highest BCUT2D eigenvalue weighted by molar-refractivity contribution is 5.56. The second-order valence-electron chi connectivity index (χ2n) is 2.72. The van der Waals surface area contributed by atoms with E-state index in [0.29, 0.717) is 6.54 Å². The van der Waals surface area contributed by atoms with Crippen LogP contribution in [0.2, 0.25) is 0 Å². The predicted molar refractivity (Wildman–Crippen MR) is 50.0 cm³/mol. The second-order valence-corrected chi connectivity index (χ2v) is 2.72. The Morgan fingerprint density at radius 1 is 1.42 bits per heavy atom. The SMILES string of the molecule is COc1cc(C)c(N)c(CN)c1. The van der Waals surface area contributed by atoms with Gasteiger partial charge in [0.05, 0.1) is 7.11 Å². The summed E-state index contributed by atoms with van der Waals surface area (Å²) in [6.45, 7) is 2.39. The number of aryl methyl sites for hydroxylation is 1. The van der Waals surface area contributed by atoms with E-state index in [1.165, 1.54) is 0 Å². The number of nitrogen functional groups attached to an aromatic ring is 1. The molecule has 0 unspecified atom stereocenters. The average Bonchev–Trinajstić information content (AvgIpc) is 2.09. The average molecular weight is 166 g/mol. The van der Waals surface area contributed by atoms with Gasteiger partial charge in [0, 0.05) is 12.2 Å². The fourth-order valence-corrected chi connectivity index (χ4v) is 1.12. The van der Waals surface area contributed by atoms with Gasteiger partial charge in [0.15, 0.2) is 0 Å². The minimum absolute atomic E-state index is 0.448. The summed E-state index contributed by atoms with van der Waals surface area (Å²) in [6, 6.07) is 3.76. The van der Waals surface area contributed by atoms with Crippen LogP contribution in [0.5, 0.6) is 5.75 Å². The van der Waals surface area contributed by atoms with Gasteiger partial charge in [-0.3, -0.25) is 0 Å². The smallest absolute Gasteiger partial charge is 0.119 e. The summed E-state index contributed by atoms with van der Waals surface area (Å²) in [5.41, 5.74) is 14.0. The molecule has 4 N–H and O–H groups in total. The topological polar surface area (TPSA) is 61.3 Å². The molecule has 0 aliphatic heterocycles. The minimum Gasteiger partial charge on any atom is -0.497 e. The maximum Gasteiger partial charge on any atom is 0.119 e. The maximum atomic E-state index is 5.78. The lowest BCUT2D eigenvalue weighted by atomic mass is 10.1. The monoisotopic (exact) mass is 166 g/mol. The molecule has 0 aliphatic rings.